The molecular weight excluding hydrogens is 228 g/mol. The first-order valence-electron chi connectivity index (χ1n) is 6.23. The van der Waals surface area contributed by atoms with Crippen molar-refractivity contribution in [3.05, 3.63) is 29.8 Å². The molecule has 100 valence electrons. The van der Waals surface area contributed by atoms with E-state index in [0.717, 1.165) is 6.54 Å². The van der Waals surface area contributed by atoms with Gasteiger partial charge in [-0.2, -0.15) is 0 Å². The Morgan fingerprint density at radius 3 is 2.33 bits per heavy atom. The van der Waals surface area contributed by atoms with Crippen molar-refractivity contribution < 1.29 is 9.53 Å². The van der Waals surface area contributed by atoms with Gasteiger partial charge in [0, 0.05) is 12.6 Å². The van der Waals surface area contributed by atoms with Crippen LogP contribution in [0.4, 0.5) is 0 Å². The molecule has 1 rings (SSSR count). The fourth-order valence-corrected chi connectivity index (χ4v) is 1.55. The van der Waals surface area contributed by atoms with E-state index in [9.17, 15) is 4.79 Å². The van der Waals surface area contributed by atoms with Crippen LogP contribution >= 0.6 is 0 Å². The summed E-state index contributed by atoms with van der Waals surface area (Å²) in [5, 5.41) is 5.90. The normalized spacial score (nSPS) is 12.3. The molecule has 1 amide bonds. The molecule has 1 unspecified atom stereocenters. The molecule has 18 heavy (non-hydrogen) atoms. The van der Waals surface area contributed by atoms with Crippen molar-refractivity contribution in [3.8, 4) is 5.75 Å². The quantitative estimate of drug-likeness (QED) is 0.808. The highest BCUT2D eigenvalue weighted by Crippen LogP contribution is 2.14. The Morgan fingerprint density at radius 2 is 1.83 bits per heavy atom. The predicted octanol–water partition coefficient (Wildman–Crippen LogP) is 1.70. The lowest BCUT2D eigenvalue weighted by Crippen LogP contribution is -2.40. The Balaban J connectivity index is 2.53. The Kier molecular flexibility index (Phi) is 5.65. The van der Waals surface area contributed by atoms with Crippen LogP contribution in [0.5, 0.6) is 5.75 Å². The number of nitrogens with one attached hydrogen (secondary N) is 2. The van der Waals surface area contributed by atoms with Gasteiger partial charge in [-0.05, 0) is 45.5 Å². The van der Waals surface area contributed by atoms with Gasteiger partial charge in [0.2, 0.25) is 0 Å². The van der Waals surface area contributed by atoms with Crippen LogP contribution in [0.2, 0.25) is 0 Å². The van der Waals surface area contributed by atoms with Crippen molar-refractivity contribution in [2.45, 2.75) is 39.5 Å². The van der Waals surface area contributed by atoms with E-state index in [4.69, 9.17) is 4.74 Å². The second-order valence-electron chi connectivity index (χ2n) is 4.60. The summed E-state index contributed by atoms with van der Waals surface area (Å²) in [4.78, 5) is 11.7. The lowest BCUT2D eigenvalue weighted by atomic mass is 10.2. The van der Waals surface area contributed by atoms with E-state index in [2.05, 4.69) is 10.6 Å². The highest BCUT2D eigenvalue weighted by molar-refractivity contribution is 5.80. The minimum Gasteiger partial charge on any atom is -0.481 e. The summed E-state index contributed by atoms with van der Waals surface area (Å²) in [6, 6.07) is 7.86. The zero-order valence-corrected chi connectivity index (χ0v) is 11.5. The summed E-state index contributed by atoms with van der Waals surface area (Å²) in [5.74, 6) is 0.616. The maximum absolute atomic E-state index is 11.7. The van der Waals surface area contributed by atoms with Crippen LogP contribution in [-0.4, -0.2) is 25.1 Å². The SMILES string of the molecule is CNCc1ccc(OC(C)C(=O)NC(C)C)cc1. The fourth-order valence-electron chi connectivity index (χ4n) is 1.55. The Labute approximate surface area is 109 Å². The molecule has 0 saturated carbocycles. The van der Waals surface area contributed by atoms with Gasteiger partial charge in [-0.25, -0.2) is 0 Å². The van der Waals surface area contributed by atoms with Crippen LogP contribution in [0.15, 0.2) is 24.3 Å². The third-order valence-electron chi connectivity index (χ3n) is 2.42. The van der Waals surface area contributed by atoms with Gasteiger partial charge in [0.1, 0.15) is 5.75 Å². The van der Waals surface area contributed by atoms with E-state index < -0.39 is 6.10 Å². The summed E-state index contributed by atoms with van der Waals surface area (Å²) in [5.41, 5.74) is 1.18. The van der Waals surface area contributed by atoms with Crippen LogP contribution in [0.25, 0.3) is 0 Å². The van der Waals surface area contributed by atoms with Crippen LogP contribution in [0.1, 0.15) is 26.3 Å². The summed E-state index contributed by atoms with van der Waals surface area (Å²) in [6.45, 7) is 6.43. The number of rotatable bonds is 6. The molecule has 0 spiro atoms. The minimum atomic E-state index is -0.484. The van der Waals surface area contributed by atoms with E-state index in [-0.39, 0.29) is 11.9 Å². The van der Waals surface area contributed by atoms with Gasteiger partial charge in [0.25, 0.3) is 5.91 Å². The summed E-state index contributed by atoms with van der Waals surface area (Å²) in [6.07, 6.45) is -0.484. The molecule has 0 aliphatic rings. The first-order chi connectivity index (χ1) is 8.52. The van der Waals surface area contributed by atoms with Gasteiger partial charge < -0.3 is 15.4 Å². The van der Waals surface area contributed by atoms with Crippen LogP contribution in [0.3, 0.4) is 0 Å². The summed E-state index contributed by atoms with van der Waals surface area (Å²) < 4.78 is 5.58. The molecular formula is C14H22N2O2. The summed E-state index contributed by atoms with van der Waals surface area (Å²) >= 11 is 0. The average Bonchev–Trinajstić information content (AvgIpc) is 2.31. The second-order valence-corrected chi connectivity index (χ2v) is 4.60. The highest BCUT2D eigenvalue weighted by atomic mass is 16.5. The van der Waals surface area contributed by atoms with Crippen molar-refractivity contribution in [3.63, 3.8) is 0 Å². The van der Waals surface area contributed by atoms with Crippen molar-refractivity contribution >= 4 is 5.91 Å². The number of carbonyl (C=O) groups is 1. The zero-order valence-electron chi connectivity index (χ0n) is 11.5. The minimum absolute atomic E-state index is 0.0932. The van der Waals surface area contributed by atoms with Crippen molar-refractivity contribution in [2.24, 2.45) is 0 Å². The molecule has 1 aromatic rings. The lowest BCUT2D eigenvalue weighted by molar-refractivity contribution is -0.127. The molecule has 0 bridgehead atoms. The first-order valence-corrected chi connectivity index (χ1v) is 6.23. The molecule has 0 aliphatic carbocycles. The van der Waals surface area contributed by atoms with E-state index in [1.54, 1.807) is 6.92 Å². The van der Waals surface area contributed by atoms with Crippen molar-refractivity contribution in [1.29, 1.82) is 0 Å². The Hall–Kier alpha value is -1.55. The number of hydrogen-bond donors (Lipinski definition) is 2. The zero-order chi connectivity index (χ0) is 13.5. The molecule has 0 fully saturated rings. The average molecular weight is 250 g/mol. The van der Waals surface area contributed by atoms with E-state index in [0.29, 0.717) is 5.75 Å². The van der Waals surface area contributed by atoms with Crippen molar-refractivity contribution in [2.75, 3.05) is 7.05 Å². The summed E-state index contributed by atoms with van der Waals surface area (Å²) in [7, 11) is 1.91. The first kappa shape index (κ1) is 14.5. The van der Waals surface area contributed by atoms with Gasteiger partial charge in [-0.15, -0.1) is 0 Å². The number of ether oxygens (including phenoxy) is 1. The predicted molar refractivity (Wildman–Crippen MR) is 72.6 cm³/mol. The van der Waals surface area contributed by atoms with Gasteiger partial charge in [0.15, 0.2) is 6.10 Å². The van der Waals surface area contributed by atoms with Gasteiger partial charge in [-0.3, -0.25) is 4.79 Å². The molecule has 0 radical (unpaired) electrons. The molecule has 0 aliphatic heterocycles. The number of benzene rings is 1. The van der Waals surface area contributed by atoms with E-state index in [1.807, 2.05) is 45.2 Å². The Morgan fingerprint density at radius 1 is 1.22 bits per heavy atom. The third kappa shape index (κ3) is 4.75. The fraction of sp³-hybridized carbons (Fsp3) is 0.500. The maximum atomic E-state index is 11.7. The van der Waals surface area contributed by atoms with Crippen molar-refractivity contribution in [1.82, 2.24) is 10.6 Å². The van der Waals surface area contributed by atoms with E-state index >= 15 is 0 Å². The molecule has 4 heteroatoms. The number of amides is 1. The Bertz CT molecular complexity index is 374. The van der Waals surface area contributed by atoms with Gasteiger partial charge in [0.05, 0.1) is 0 Å². The smallest absolute Gasteiger partial charge is 0.260 e. The number of hydrogen-bond acceptors (Lipinski definition) is 3. The standard InChI is InChI=1S/C14H22N2O2/c1-10(2)16-14(17)11(3)18-13-7-5-12(6-8-13)9-15-4/h5-8,10-11,15H,9H2,1-4H3,(H,16,17). The molecule has 0 heterocycles. The maximum Gasteiger partial charge on any atom is 0.260 e. The molecule has 0 aromatic heterocycles. The van der Waals surface area contributed by atoms with Crippen LogP contribution in [-0.2, 0) is 11.3 Å². The molecule has 4 nitrogen and oxygen atoms in total. The molecule has 1 atom stereocenters. The number of carbonyl (C=O) groups excluding carboxylic acids is 1. The topological polar surface area (TPSA) is 50.4 Å². The largest absolute Gasteiger partial charge is 0.481 e. The molecule has 2 N–H and O–H groups in total. The monoisotopic (exact) mass is 250 g/mol. The lowest BCUT2D eigenvalue weighted by Gasteiger charge is -2.16. The second kappa shape index (κ2) is 7.01. The van der Waals surface area contributed by atoms with E-state index in [1.165, 1.54) is 5.56 Å². The third-order valence-corrected chi connectivity index (χ3v) is 2.42. The van der Waals surface area contributed by atoms with Gasteiger partial charge in [-0.1, -0.05) is 12.1 Å². The van der Waals surface area contributed by atoms with Gasteiger partial charge >= 0.3 is 0 Å². The van der Waals surface area contributed by atoms with Crippen LogP contribution < -0.4 is 15.4 Å². The highest BCUT2D eigenvalue weighted by Gasteiger charge is 2.14. The molecule has 0 saturated heterocycles. The van der Waals surface area contributed by atoms with Crippen LogP contribution in [0, 0.1) is 0 Å². The molecule has 1 aromatic carbocycles.